The zero-order valence-electron chi connectivity index (χ0n) is 14.0. The van der Waals surface area contributed by atoms with Gasteiger partial charge in [0.05, 0.1) is 12.3 Å². The number of hydrogen-bond acceptors (Lipinski definition) is 5. The van der Waals surface area contributed by atoms with Gasteiger partial charge in [0.15, 0.2) is 0 Å². The molecule has 1 aromatic heterocycles. The summed E-state index contributed by atoms with van der Waals surface area (Å²) in [6, 6.07) is 6.68. The first-order chi connectivity index (χ1) is 11.5. The van der Waals surface area contributed by atoms with Gasteiger partial charge in [-0.1, -0.05) is 5.16 Å². The van der Waals surface area contributed by atoms with Gasteiger partial charge < -0.3 is 9.26 Å². The average Bonchev–Trinajstić information content (AvgIpc) is 2.90. The quantitative estimate of drug-likeness (QED) is 0.791. The molecule has 0 aliphatic heterocycles. The number of ether oxygens (including phenoxy) is 1. The summed E-state index contributed by atoms with van der Waals surface area (Å²) < 4.78 is 10.4. The SMILES string of the molecule is CCOc1ccc(C(=O)NNC(=O)CCc2c(C)noc2C)cc1. The van der Waals surface area contributed by atoms with Gasteiger partial charge in [-0.2, -0.15) is 0 Å². The molecule has 2 N–H and O–H groups in total. The minimum atomic E-state index is -0.385. The van der Waals surface area contributed by atoms with Gasteiger partial charge in [-0.05, 0) is 51.5 Å². The third kappa shape index (κ3) is 4.58. The fourth-order valence-electron chi connectivity index (χ4n) is 2.23. The van der Waals surface area contributed by atoms with Gasteiger partial charge in [0.25, 0.3) is 5.91 Å². The Morgan fingerprint density at radius 2 is 1.88 bits per heavy atom. The maximum atomic E-state index is 12.0. The molecule has 0 atom stereocenters. The van der Waals surface area contributed by atoms with Crippen LogP contribution in [0.25, 0.3) is 0 Å². The topological polar surface area (TPSA) is 93.5 Å². The van der Waals surface area contributed by atoms with E-state index < -0.39 is 0 Å². The lowest BCUT2D eigenvalue weighted by Gasteiger charge is -2.08. The lowest BCUT2D eigenvalue weighted by molar-refractivity contribution is -0.121. The smallest absolute Gasteiger partial charge is 0.269 e. The predicted molar refractivity (Wildman–Crippen MR) is 87.5 cm³/mol. The van der Waals surface area contributed by atoms with E-state index in [0.29, 0.717) is 30.1 Å². The summed E-state index contributed by atoms with van der Waals surface area (Å²) >= 11 is 0. The number of hydrazine groups is 1. The maximum absolute atomic E-state index is 12.0. The normalized spacial score (nSPS) is 10.3. The zero-order chi connectivity index (χ0) is 17.5. The van der Waals surface area contributed by atoms with E-state index in [0.717, 1.165) is 11.3 Å². The van der Waals surface area contributed by atoms with Gasteiger partial charge in [0.2, 0.25) is 5.91 Å². The Morgan fingerprint density at radius 3 is 2.46 bits per heavy atom. The van der Waals surface area contributed by atoms with Gasteiger partial charge in [-0.25, -0.2) is 0 Å². The number of amides is 2. The van der Waals surface area contributed by atoms with Crippen molar-refractivity contribution >= 4 is 11.8 Å². The molecule has 0 radical (unpaired) electrons. The Labute approximate surface area is 140 Å². The molecule has 0 bridgehead atoms. The third-order valence-electron chi connectivity index (χ3n) is 3.53. The van der Waals surface area contributed by atoms with E-state index in [-0.39, 0.29) is 18.2 Å². The summed E-state index contributed by atoms with van der Waals surface area (Å²) in [5, 5.41) is 3.84. The minimum absolute atomic E-state index is 0.229. The summed E-state index contributed by atoms with van der Waals surface area (Å²) in [6.07, 6.45) is 0.734. The van der Waals surface area contributed by atoms with Crippen molar-refractivity contribution in [2.24, 2.45) is 0 Å². The number of carbonyl (C=O) groups excluding carboxylic acids is 2. The minimum Gasteiger partial charge on any atom is -0.494 e. The van der Waals surface area contributed by atoms with Crippen molar-refractivity contribution < 1.29 is 18.8 Å². The van der Waals surface area contributed by atoms with Crippen LogP contribution in [0.15, 0.2) is 28.8 Å². The number of carbonyl (C=O) groups is 2. The van der Waals surface area contributed by atoms with Crippen molar-refractivity contribution in [2.75, 3.05) is 6.61 Å². The number of aryl methyl sites for hydroxylation is 2. The highest BCUT2D eigenvalue weighted by molar-refractivity contribution is 5.95. The van der Waals surface area contributed by atoms with Crippen LogP contribution in [0.4, 0.5) is 0 Å². The van der Waals surface area contributed by atoms with Crippen molar-refractivity contribution in [1.82, 2.24) is 16.0 Å². The van der Waals surface area contributed by atoms with Crippen LogP contribution < -0.4 is 15.6 Å². The fourth-order valence-corrected chi connectivity index (χ4v) is 2.23. The Balaban J connectivity index is 1.79. The van der Waals surface area contributed by atoms with Crippen LogP contribution in [-0.2, 0) is 11.2 Å². The van der Waals surface area contributed by atoms with E-state index in [1.54, 1.807) is 31.2 Å². The van der Waals surface area contributed by atoms with Crippen molar-refractivity contribution in [3.63, 3.8) is 0 Å². The average molecular weight is 331 g/mol. The number of hydrogen-bond donors (Lipinski definition) is 2. The fraction of sp³-hybridized carbons (Fsp3) is 0.353. The van der Waals surface area contributed by atoms with Gasteiger partial charge in [0.1, 0.15) is 11.5 Å². The molecular formula is C17H21N3O4. The first-order valence-electron chi connectivity index (χ1n) is 7.75. The number of rotatable bonds is 6. The summed E-state index contributed by atoms with van der Waals surface area (Å²) in [6.45, 7) is 6.09. The van der Waals surface area contributed by atoms with Crippen molar-refractivity contribution in [3.05, 3.63) is 46.8 Å². The third-order valence-corrected chi connectivity index (χ3v) is 3.53. The summed E-state index contributed by atoms with van der Waals surface area (Å²) in [5.74, 6) is 0.731. The molecule has 2 aromatic rings. The van der Waals surface area contributed by atoms with Crippen molar-refractivity contribution in [3.8, 4) is 5.75 Å². The van der Waals surface area contributed by atoms with E-state index in [1.807, 2.05) is 13.8 Å². The molecule has 0 aliphatic carbocycles. The Morgan fingerprint density at radius 1 is 1.17 bits per heavy atom. The standard InChI is InChI=1S/C17H21N3O4/c1-4-23-14-7-5-13(6-8-14)17(22)19-18-16(21)10-9-15-11(2)20-24-12(15)3/h5-8H,4,9-10H2,1-3H3,(H,18,21)(H,19,22). The van der Waals surface area contributed by atoms with Gasteiger partial charge in [-0.3, -0.25) is 20.4 Å². The van der Waals surface area contributed by atoms with Crippen LogP contribution in [0.2, 0.25) is 0 Å². The number of benzene rings is 1. The summed E-state index contributed by atoms with van der Waals surface area (Å²) in [4.78, 5) is 23.8. The molecule has 1 aromatic carbocycles. The molecule has 7 nitrogen and oxygen atoms in total. The highest BCUT2D eigenvalue weighted by Gasteiger charge is 2.12. The first kappa shape index (κ1) is 17.5. The molecule has 24 heavy (non-hydrogen) atoms. The van der Waals surface area contributed by atoms with E-state index >= 15 is 0 Å². The van der Waals surface area contributed by atoms with Gasteiger partial charge >= 0.3 is 0 Å². The molecule has 0 unspecified atom stereocenters. The Kier molecular flexibility index (Phi) is 5.95. The van der Waals surface area contributed by atoms with Crippen LogP contribution in [0, 0.1) is 13.8 Å². The molecule has 0 saturated heterocycles. The van der Waals surface area contributed by atoms with E-state index in [1.165, 1.54) is 0 Å². The van der Waals surface area contributed by atoms with Gasteiger partial charge in [-0.15, -0.1) is 0 Å². The van der Waals surface area contributed by atoms with Crippen LogP contribution >= 0.6 is 0 Å². The lowest BCUT2D eigenvalue weighted by Crippen LogP contribution is -2.41. The van der Waals surface area contributed by atoms with Crippen molar-refractivity contribution in [1.29, 1.82) is 0 Å². The second-order valence-corrected chi connectivity index (χ2v) is 5.26. The summed E-state index contributed by atoms with van der Waals surface area (Å²) in [5.41, 5.74) is 6.92. The number of aromatic nitrogens is 1. The second-order valence-electron chi connectivity index (χ2n) is 5.26. The largest absolute Gasteiger partial charge is 0.494 e. The van der Waals surface area contributed by atoms with Gasteiger partial charge in [0, 0.05) is 17.5 Å². The van der Waals surface area contributed by atoms with Crippen LogP contribution in [0.3, 0.4) is 0 Å². The van der Waals surface area contributed by atoms with Crippen LogP contribution in [0.5, 0.6) is 5.75 Å². The zero-order valence-corrected chi connectivity index (χ0v) is 14.0. The second kappa shape index (κ2) is 8.14. The summed E-state index contributed by atoms with van der Waals surface area (Å²) in [7, 11) is 0. The lowest BCUT2D eigenvalue weighted by atomic mass is 10.1. The highest BCUT2D eigenvalue weighted by Crippen LogP contribution is 2.14. The first-order valence-corrected chi connectivity index (χ1v) is 7.75. The Bertz CT molecular complexity index is 688. The predicted octanol–water partition coefficient (Wildman–Crippen LogP) is 2.08. The molecule has 2 rings (SSSR count). The molecule has 1 heterocycles. The molecule has 128 valence electrons. The highest BCUT2D eigenvalue weighted by atomic mass is 16.5. The van der Waals surface area contributed by atoms with E-state index in [2.05, 4.69) is 16.0 Å². The monoisotopic (exact) mass is 331 g/mol. The molecule has 2 amide bonds. The van der Waals surface area contributed by atoms with Crippen molar-refractivity contribution in [2.45, 2.75) is 33.6 Å². The maximum Gasteiger partial charge on any atom is 0.269 e. The van der Waals surface area contributed by atoms with Crippen LogP contribution in [-0.4, -0.2) is 23.6 Å². The molecule has 7 heteroatoms. The van der Waals surface area contributed by atoms with E-state index in [4.69, 9.17) is 9.26 Å². The van der Waals surface area contributed by atoms with Crippen LogP contribution in [0.1, 0.15) is 40.7 Å². The molecule has 0 saturated carbocycles. The number of nitrogens with zero attached hydrogens (tertiary/aromatic N) is 1. The molecule has 0 spiro atoms. The molecule has 0 aliphatic rings. The molecular weight excluding hydrogens is 310 g/mol. The molecule has 0 fully saturated rings. The Hall–Kier alpha value is -2.83. The van der Waals surface area contributed by atoms with E-state index in [9.17, 15) is 9.59 Å². The number of nitrogens with one attached hydrogen (secondary N) is 2.